The number of rotatable bonds is 8. The van der Waals surface area contributed by atoms with Crippen LogP contribution in [0.4, 0.5) is 0 Å². The summed E-state index contributed by atoms with van der Waals surface area (Å²) in [4.78, 5) is 4.57. The van der Waals surface area contributed by atoms with Gasteiger partial charge in [-0.3, -0.25) is 4.99 Å². The second-order valence-electron chi connectivity index (χ2n) is 4.19. The van der Waals surface area contributed by atoms with Crippen molar-refractivity contribution in [1.82, 2.24) is 10.6 Å². The molecule has 1 atom stereocenters. The van der Waals surface area contributed by atoms with Crippen molar-refractivity contribution in [3.8, 4) is 12.3 Å². The highest BCUT2D eigenvalue weighted by Gasteiger charge is 2.05. The van der Waals surface area contributed by atoms with Gasteiger partial charge in [0.1, 0.15) is 0 Å². The summed E-state index contributed by atoms with van der Waals surface area (Å²) in [5, 5.41) is 6.30. The first-order chi connectivity index (χ1) is 8.28. The zero-order valence-corrected chi connectivity index (χ0v) is 14.3. The molecule has 0 heterocycles. The molecule has 0 saturated heterocycles. The molecule has 0 spiro atoms. The predicted molar refractivity (Wildman–Crippen MR) is 91.5 cm³/mol. The van der Waals surface area contributed by atoms with E-state index >= 15 is 0 Å². The van der Waals surface area contributed by atoms with Crippen molar-refractivity contribution < 1.29 is 0 Å². The normalized spacial score (nSPS) is 12.2. The van der Waals surface area contributed by atoms with E-state index in [1.807, 2.05) is 0 Å². The number of halogens is 1. The molecule has 0 rings (SSSR count). The van der Waals surface area contributed by atoms with Crippen molar-refractivity contribution >= 4 is 29.9 Å². The zero-order chi connectivity index (χ0) is 12.9. The van der Waals surface area contributed by atoms with Crippen LogP contribution in [0.2, 0.25) is 0 Å². The maximum Gasteiger partial charge on any atom is 0.192 e. The predicted octanol–water partition coefficient (Wildman–Crippen LogP) is 3.01. The molecular weight excluding hydrogens is 337 g/mol. The van der Waals surface area contributed by atoms with Gasteiger partial charge in [-0.2, -0.15) is 0 Å². The molecule has 0 bridgehead atoms. The minimum Gasteiger partial charge on any atom is -0.357 e. The van der Waals surface area contributed by atoms with Crippen LogP contribution in [0.15, 0.2) is 4.99 Å². The van der Waals surface area contributed by atoms with Gasteiger partial charge in [-0.1, -0.05) is 39.0 Å². The molecule has 0 fully saturated rings. The average molecular weight is 365 g/mol. The Labute approximate surface area is 130 Å². The van der Waals surface area contributed by atoms with E-state index in [9.17, 15) is 0 Å². The maximum absolute atomic E-state index is 5.23. The van der Waals surface area contributed by atoms with Gasteiger partial charge in [-0.05, 0) is 19.3 Å². The van der Waals surface area contributed by atoms with Gasteiger partial charge in [0.25, 0.3) is 0 Å². The zero-order valence-electron chi connectivity index (χ0n) is 12.0. The summed E-state index contributed by atoms with van der Waals surface area (Å²) < 4.78 is 0. The van der Waals surface area contributed by atoms with Crippen LogP contribution in [0, 0.1) is 18.3 Å². The fourth-order valence-corrected chi connectivity index (χ4v) is 1.61. The van der Waals surface area contributed by atoms with Crippen molar-refractivity contribution in [1.29, 1.82) is 0 Å². The molecule has 106 valence electrons. The van der Waals surface area contributed by atoms with Crippen LogP contribution in [0.1, 0.15) is 46.5 Å². The van der Waals surface area contributed by atoms with Crippen LogP contribution in [0.25, 0.3) is 0 Å². The Kier molecular flexibility index (Phi) is 16.2. The Bertz CT molecular complexity index is 246. The quantitative estimate of drug-likeness (QED) is 0.300. The third kappa shape index (κ3) is 10.7. The molecule has 0 aromatic carbocycles. The third-order valence-electron chi connectivity index (χ3n) is 2.75. The molecule has 0 amide bonds. The van der Waals surface area contributed by atoms with Crippen molar-refractivity contribution in [3.05, 3.63) is 0 Å². The second kappa shape index (κ2) is 14.6. The Morgan fingerprint density at radius 3 is 2.50 bits per heavy atom. The molecule has 1 unspecified atom stereocenters. The molecule has 3 nitrogen and oxygen atoms in total. The van der Waals surface area contributed by atoms with Crippen LogP contribution in [-0.2, 0) is 0 Å². The molecule has 0 radical (unpaired) electrons. The minimum atomic E-state index is 0. The highest BCUT2D eigenvalue weighted by atomic mass is 127. The molecular formula is C14H28IN3. The average Bonchev–Trinajstić information content (AvgIpc) is 2.35. The van der Waals surface area contributed by atoms with E-state index in [2.05, 4.69) is 42.3 Å². The Morgan fingerprint density at radius 2 is 2.00 bits per heavy atom. The molecule has 4 heteroatoms. The van der Waals surface area contributed by atoms with Crippen LogP contribution >= 0.6 is 24.0 Å². The Hall–Kier alpha value is -0.440. The molecule has 2 N–H and O–H groups in total. The SMILES string of the molecule is C#CCNC(=NCC(CC)CCCC)NCC.I. The van der Waals surface area contributed by atoms with Crippen molar-refractivity contribution in [2.75, 3.05) is 19.6 Å². The summed E-state index contributed by atoms with van der Waals surface area (Å²) in [5.41, 5.74) is 0. The number of terminal acetylenes is 1. The van der Waals surface area contributed by atoms with Crippen molar-refractivity contribution in [3.63, 3.8) is 0 Å². The van der Waals surface area contributed by atoms with Crippen molar-refractivity contribution in [2.24, 2.45) is 10.9 Å². The molecule has 0 saturated carbocycles. The number of unbranched alkanes of at least 4 members (excludes halogenated alkanes) is 1. The standard InChI is InChI=1S/C14H27N3.HI/c1-5-9-10-13(7-3)12-17-14(15-8-4)16-11-6-2;/h2,13H,5,7-12H2,1,3-4H3,(H2,15,16,17);1H. The van der Waals surface area contributed by atoms with E-state index in [0.717, 1.165) is 19.0 Å². The summed E-state index contributed by atoms with van der Waals surface area (Å²) in [6.07, 6.45) is 10.2. The molecule has 0 aliphatic rings. The van der Waals surface area contributed by atoms with Crippen LogP contribution in [0.3, 0.4) is 0 Å². The van der Waals surface area contributed by atoms with Gasteiger partial charge in [-0.25, -0.2) is 0 Å². The van der Waals surface area contributed by atoms with Gasteiger partial charge in [0, 0.05) is 13.1 Å². The Morgan fingerprint density at radius 1 is 1.28 bits per heavy atom. The van der Waals surface area contributed by atoms with E-state index in [0.29, 0.717) is 12.5 Å². The summed E-state index contributed by atoms with van der Waals surface area (Å²) in [7, 11) is 0. The lowest BCUT2D eigenvalue weighted by Gasteiger charge is -2.14. The van der Waals surface area contributed by atoms with E-state index in [1.165, 1.54) is 25.7 Å². The number of hydrogen-bond acceptors (Lipinski definition) is 1. The highest BCUT2D eigenvalue weighted by molar-refractivity contribution is 14.0. The van der Waals surface area contributed by atoms with Crippen LogP contribution < -0.4 is 10.6 Å². The second-order valence-corrected chi connectivity index (χ2v) is 4.19. The number of aliphatic imine (C=N–C) groups is 1. The number of nitrogens with one attached hydrogen (secondary N) is 2. The Balaban J connectivity index is 0. The molecule has 0 aliphatic carbocycles. The lowest BCUT2D eigenvalue weighted by molar-refractivity contribution is 0.461. The molecule has 0 aliphatic heterocycles. The van der Waals surface area contributed by atoms with Gasteiger partial charge in [0.05, 0.1) is 6.54 Å². The third-order valence-corrected chi connectivity index (χ3v) is 2.75. The minimum absolute atomic E-state index is 0. The van der Waals surface area contributed by atoms with Crippen LogP contribution in [0.5, 0.6) is 0 Å². The summed E-state index contributed by atoms with van der Waals surface area (Å²) in [5.74, 6) is 4.09. The fraction of sp³-hybridized carbons (Fsp3) is 0.786. The van der Waals surface area contributed by atoms with E-state index in [-0.39, 0.29) is 24.0 Å². The number of hydrogen-bond donors (Lipinski definition) is 2. The fourth-order valence-electron chi connectivity index (χ4n) is 1.61. The monoisotopic (exact) mass is 365 g/mol. The smallest absolute Gasteiger partial charge is 0.192 e. The lowest BCUT2D eigenvalue weighted by Crippen LogP contribution is -2.37. The van der Waals surface area contributed by atoms with Crippen LogP contribution in [-0.4, -0.2) is 25.6 Å². The van der Waals surface area contributed by atoms with Gasteiger partial charge in [0.15, 0.2) is 5.96 Å². The first-order valence-electron chi connectivity index (χ1n) is 6.74. The summed E-state index contributed by atoms with van der Waals surface area (Å²) in [6.45, 7) is 8.80. The number of guanidine groups is 1. The molecule has 0 aromatic rings. The topological polar surface area (TPSA) is 36.4 Å². The maximum atomic E-state index is 5.23. The van der Waals surface area contributed by atoms with Gasteiger partial charge in [-0.15, -0.1) is 30.4 Å². The van der Waals surface area contributed by atoms with E-state index in [4.69, 9.17) is 6.42 Å². The first kappa shape index (κ1) is 19.9. The lowest BCUT2D eigenvalue weighted by atomic mass is 10.00. The first-order valence-corrected chi connectivity index (χ1v) is 6.74. The summed E-state index contributed by atoms with van der Waals surface area (Å²) >= 11 is 0. The largest absolute Gasteiger partial charge is 0.357 e. The molecule has 0 aromatic heterocycles. The van der Waals surface area contributed by atoms with Crippen molar-refractivity contribution in [2.45, 2.75) is 46.5 Å². The van der Waals surface area contributed by atoms with Gasteiger partial charge >= 0.3 is 0 Å². The van der Waals surface area contributed by atoms with Gasteiger partial charge < -0.3 is 10.6 Å². The van der Waals surface area contributed by atoms with E-state index in [1.54, 1.807) is 0 Å². The van der Waals surface area contributed by atoms with E-state index < -0.39 is 0 Å². The highest BCUT2D eigenvalue weighted by Crippen LogP contribution is 2.12. The molecule has 18 heavy (non-hydrogen) atoms. The van der Waals surface area contributed by atoms with Gasteiger partial charge in [0.2, 0.25) is 0 Å². The summed E-state index contributed by atoms with van der Waals surface area (Å²) in [6, 6.07) is 0. The number of nitrogens with zero attached hydrogens (tertiary/aromatic N) is 1.